The molecule has 2 aromatic rings. The number of hydrogen-bond donors (Lipinski definition) is 0. The average molecular weight is 403 g/mol. The van der Waals surface area contributed by atoms with Gasteiger partial charge in [-0.05, 0) is 62.4 Å². The molecule has 0 amide bonds. The second-order valence-electron chi connectivity index (χ2n) is 7.47. The van der Waals surface area contributed by atoms with Crippen LogP contribution in [0.15, 0.2) is 41.7 Å². The van der Waals surface area contributed by atoms with Crippen LogP contribution in [0.2, 0.25) is 0 Å². The van der Waals surface area contributed by atoms with Crippen LogP contribution in [0.3, 0.4) is 0 Å². The van der Waals surface area contributed by atoms with Crippen LogP contribution < -0.4 is 9.64 Å². The van der Waals surface area contributed by atoms with Crippen molar-refractivity contribution in [2.45, 2.75) is 49.6 Å². The summed E-state index contributed by atoms with van der Waals surface area (Å²) in [5.74, 6) is 1.65. The summed E-state index contributed by atoms with van der Waals surface area (Å²) in [7, 11) is -1.91. The molecule has 1 saturated heterocycles. The number of sulfonamides is 1. The van der Waals surface area contributed by atoms with Gasteiger partial charge in [0.05, 0.1) is 12.0 Å². The van der Waals surface area contributed by atoms with E-state index < -0.39 is 10.0 Å². The highest BCUT2D eigenvalue weighted by atomic mass is 32.2. The highest BCUT2D eigenvalue weighted by Gasteiger charge is 2.38. The number of rotatable bonds is 6. The van der Waals surface area contributed by atoms with E-state index in [-0.39, 0.29) is 0 Å². The Labute approximate surface area is 166 Å². The molecule has 2 heterocycles. The predicted octanol–water partition coefficient (Wildman–Crippen LogP) is 2.62. The molecule has 150 valence electrons. The molecule has 4 rings (SSSR count). The van der Waals surface area contributed by atoms with Gasteiger partial charge >= 0.3 is 0 Å². The normalized spacial score (nSPS) is 18.8. The van der Waals surface area contributed by atoms with Gasteiger partial charge in [0.15, 0.2) is 0 Å². The molecule has 28 heavy (non-hydrogen) atoms. The molecule has 1 saturated carbocycles. The first-order valence-electron chi connectivity index (χ1n) is 9.70. The maximum absolute atomic E-state index is 13.1. The Morgan fingerprint density at radius 1 is 1.11 bits per heavy atom. The van der Waals surface area contributed by atoms with E-state index in [9.17, 15) is 8.42 Å². The fraction of sp³-hybridized carbons (Fsp3) is 0.500. The monoisotopic (exact) mass is 402 g/mol. The number of benzene rings is 1. The van der Waals surface area contributed by atoms with Crippen LogP contribution >= 0.6 is 0 Å². The second-order valence-corrected chi connectivity index (χ2v) is 9.41. The smallest absolute Gasteiger partial charge is 0.243 e. The van der Waals surface area contributed by atoms with Crippen molar-refractivity contribution in [1.82, 2.24) is 14.3 Å². The van der Waals surface area contributed by atoms with E-state index in [4.69, 9.17) is 4.74 Å². The molecule has 1 aromatic heterocycles. The van der Waals surface area contributed by atoms with Crippen LogP contribution in [0.25, 0.3) is 0 Å². The Morgan fingerprint density at radius 3 is 2.39 bits per heavy atom. The third-order valence-corrected chi connectivity index (χ3v) is 7.49. The standard InChI is InChI=1S/C20H26N4O3S/c1-15-13-18(5-6-19(15)27-2)28(25,26)23-11-8-17(9-12-23)24(16-3-4-16)20-7-10-21-14-22-20/h5-7,10,13-14,16-17H,3-4,8-9,11-12H2,1-2H3. The summed E-state index contributed by atoms with van der Waals surface area (Å²) in [4.78, 5) is 11.2. The van der Waals surface area contributed by atoms with E-state index in [1.807, 2.05) is 13.0 Å². The number of nitrogens with zero attached hydrogens (tertiary/aromatic N) is 4. The number of aromatic nitrogens is 2. The molecule has 1 aliphatic heterocycles. The van der Waals surface area contributed by atoms with Crippen molar-refractivity contribution in [3.8, 4) is 5.75 Å². The van der Waals surface area contributed by atoms with Crippen molar-refractivity contribution in [3.63, 3.8) is 0 Å². The number of anilines is 1. The lowest BCUT2D eigenvalue weighted by Crippen LogP contribution is -2.48. The molecule has 8 heteroatoms. The van der Waals surface area contributed by atoms with Crippen molar-refractivity contribution < 1.29 is 13.2 Å². The minimum Gasteiger partial charge on any atom is -0.496 e. The Bertz CT molecular complexity index is 924. The van der Waals surface area contributed by atoms with Crippen LogP contribution in [-0.4, -0.2) is 55.0 Å². The molecular weight excluding hydrogens is 376 g/mol. The van der Waals surface area contributed by atoms with Gasteiger partial charge in [0.1, 0.15) is 17.9 Å². The molecule has 2 fully saturated rings. The van der Waals surface area contributed by atoms with E-state index >= 15 is 0 Å². The first-order chi connectivity index (χ1) is 13.5. The maximum atomic E-state index is 13.1. The Morgan fingerprint density at radius 2 is 1.82 bits per heavy atom. The van der Waals surface area contributed by atoms with Crippen molar-refractivity contribution in [1.29, 1.82) is 0 Å². The third kappa shape index (κ3) is 3.71. The number of piperidine rings is 1. The topological polar surface area (TPSA) is 75.6 Å². The molecule has 1 aromatic carbocycles. The van der Waals surface area contributed by atoms with E-state index in [1.165, 1.54) is 12.8 Å². The summed E-state index contributed by atoms with van der Waals surface area (Å²) in [6.45, 7) is 2.90. The molecule has 0 spiro atoms. The largest absolute Gasteiger partial charge is 0.496 e. The fourth-order valence-corrected chi connectivity index (χ4v) is 5.54. The zero-order chi connectivity index (χ0) is 19.7. The SMILES string of the molecule is COc1ccc(S(=O)(=O)N2CCC(N(c3ccncn3)C3CC3)CC2)cc1C. The summed E-state index contributed by atoms with van der Waals surface area (Å²) in [5, 5.41) is 0. The number of hydrogen-bond acceptors (Lipinski definition) is 6. The van der Waals surface area contributed by atoms with Gasteiger partial charge in [-0.15, -0.1) is 0 Å². The van der Waals surface area contributed by atoms with Gasteiger partial charge in [0, 0.05) is 31.4 Å². The summed E-state index contributed by atoms with van der Waals surface area (Å²) in [6, 6.07) is 7.82. The molecule has 0 N–H and O–H groups in total. The molecule has 1 aliphatic carbocycles. The highest BCUT2D eigenvalue weighted by Crippen LogP contribution is 2.36. The lowest BCUT2D eigenvalue weighted by Gasteiger charge is -2.39. The van der Waals surface area contributed by atoms with Crippen LogP contribution in [-0.2, 0) is 10.0 Å². The van der Waals surface area contributed by atoms with Crippen LogP contribution in [0.5, 0.6) is 5.75 Å². The molecule has 0 radical (unpaired) electrons. The number of methoxy groups -OCH3 is 1. The summed E-state index contributed by atoms with van der Waals surface area (Å²) in [6.07, 6.45) is 7.30. The van der Waals surface area contributed by atoms with Gasteiger partial charge in [-0.3, -0.25) is 0 Å². The van der Waals surface area contributed by atoms with E-state index in [0.717, 1.165) is 24.2 Å². The number of ether oxygens (including phenoxy) is 1. The zero-order valence-electron chi connectivity index (χ0n) is 16.3. The van der Waals surface area contributed by atoms with Gasteiger partial charge in [-0.1, -0.05) is 0 Å². The van der Waals surface area contributed by atoms with Crippen LogP contribution in [0.1, 0.15) is 31.2 Å². The van der Waals surface area contributed by atoms with E-state index in [2.05, 4.69) is 14.9 Å². The Hall–Kier alpha value is -2.19. The van der Waals surface area contributed by atoms with Crippen molar-refractivity contribution >= 4 is 15.8 Å². The number of aryl methyl sites for hydroxylation is 1. The lowest BCUT2D eigenvalue weighted by molar-refractivity contribution is 0.308. The quantitative estimate of drug-likeness (QED) is 0.739. The second kappa shape index (κ2) is 7.67. The third-order valence-electron chi connectivity index (χ3n) is 5.59. The molecule has 2 aliphatic rings. The van der Waals surface area contributed by atoms with E-state index in [1.54, 1.807) is 42.1 Å². The Kier molecular flexibility index (Phi) is 5.25. The first-order valence-corrected chi connectivity index (χ1v) is 11.1. The lowest BCUT2D eigenvalue weighted by atomic mass is 10.0. The van der Waals surface area contributed by atoms with Gasteiger partial charge in [0.2, 0.25) is 10.0 Å². The van der Waals surface area contributed by atoms with Gasteiger partial charge in [-0.2, -0.15) is 4.31 Å². The van der Waals surface area contributed by atoms with Crippen molar-refractivity contribution in [2.75, 3.05) is 25.1 Å². The highest BCUT2D eigenvalue weighted by molar-refractivity contribution is 7.89. The zero-order valence-corrected chi connectivity index (χ0v) is 17.1. The average Bonchev–Trinajstić information content (AvgIpc) is 3.54. The van der Waals surface area contributed by atoms with Gasteiger partial charge in [-0.25, -0.2) is 18.4 Å². The molecular formula is C20H26N4O3S. The fourth-order valence-electron chi connectivity index (χ4n) is 3.98. The summed E-state index contributed by atoms with van der Waals surface area (Å²) in [5.41, 5.74) is 0.821. The first kappa shape index (κ1) is 19.1. The molecule has 0 atom stereocenters. The van der Waals surface area contributed by atoms with Gasteiger partial charge < -0.3 is 9.64 Å². The van der Waals surface area contributed by atoms with Crippen molar-refractivity contribution in [3.05, 3.63) is 42.4 Å². The summed E-state index contributed by atoms with van der Waals surface area (Å²) >= 11 is 0. The maximum Gasteiger partial charge on any atom is 0.243 e. The van der Waals surface area contributed by atoms with Gasteiger partial charge in [0.25, 0.3) is 0 Å². The van der Waals surface area contributed by atoms with Crippen LogP contribution in [0, 0.1) is 6.92 Å². The molecule has 0 bridgehead atoms. The minimum atomic E-state index is -3.49. The summed E-state index contributed by atoms with van der Waals surface area (Å²) < 4.78 is 33.0. The molecule has 0 unspecified atom stereocenters. The minimum absolute atomic E-state index is 0.312. The Balaban J connectivity index is 1.48. The van der Waals surface area contributed by atoms with Crippen molar-refractivity contribution in [2.24, 2.45) is 0 Å². The van der Waals surface area contributed by atoms with E-state index in [0.29, 0.717) is 35.8 Å². The predicted molar refractivity (Wildman–Crippen MR) is 107 cm³/mol. The van der Waals surface area contributed by atoms with Crippen LogP contribution in [0.4, 0.5) is 5.82 Å². The molecule has 7 nitrogen and oxygen atoms in total.